The van der Waals surface area contributed by atoms with Gasteiger partial charge in [-0.3, -0.25) is 9.59 Å². The van der Waals surface area contributed by atoms with Crippen LogP contribution >= 0.6 is 0 Å². The number of nitrogens with zero attached hydrogens (tertiary/aromatic N) is 1. The molecule has 0 radical (unpaired) electrons. The van der Waals surface area contributed by atoms with E-state index >= 15 is 0 Å². The second-order valence-electron chi connectivity index (χ2n) is 7.59. The van der Waals surface area contributed by atoms with E-state index in [9.17, 15) is 9.59 Å². The van der Waals surface area contributed by atoms with E-state index < -0.39 is 0 Å². The Labute approximate surface area is 181 Å². The summed E-state index contributed by atoms with van der Waals surface area (Å²) in [7, 11) is 3.19. The van der Waals surface area contributed by atoms with Crippen LogP contribution in [0.3, 0.4) is 0 Å². The average molecular weight is 426 g/mol. The van der Waals surface area contributed by atoms with Crippen molar-refractivity contribution in [2.45, 2.75) is 19.4 Å². The number of hydrogen-bond donors (Lipinski definition) is 1. The van der Waals surface area contributed by atoms with E-state index in [0.717, 1.165) is 11.1 Å². The van der Waals surface area contributed by atoms with Crippen molar-refractivity contribution in [3.63, 3.8) is 0 Å². The third-order valence-electron chi connectivity index (χ3n) is 5.61. The molecule has 1 N–H and O–H groups in total. The molecule has 0 spiro atoms. The van der Waals surface area contributed by atoms with E-state index in [1.807, 2.05) is 36.4 Å². The first-order chi connectivity index (χ1) is 15.1. The van der Waals surface area contributed by atoms with Gasteiger partial charge in [-0.1, -0.05) is 12.1 Å². The fraction of sp³-hybridized carbons (Fsp3) is 0.391. The lowest BCUT2D eigenvalue weighted by Gasteiger charge is -2.17. The van der Waals surface area contributed by atoms with Crippen molar-refractivity contribution in [1.29, 1.82) is 0 Å². The number of nitrogens with one attached hydrogen (secondary N) is 1. The van der Waals surface area contributed by atoms with E-state index in [2.05, 4.69) is 5.32 Å². The highest BCUT2D eigenvalue weighted by molar-refractivity contribution is 5.89. The van der Waals surface area contributed by atoms with Gasteiger partial charge in [-0.05, 0) is 41.8 Å². The number of likely N-dealkylation sites (tertiary alicyclic amines) is 1. The smallest absolute Gasteiger partial charge is 0.231 e. The number of hydrogen-bond acceptors (Lipinski definition) is 6. The lowest BCUT2D eigenvalue weighted by molar-refractivity contribution is -0.129. The molecule has 164 valence electrons. The number of carbonyl (C=O) groups is 2. The van der Waals surface area contributed by atoms with Gasteiger partial charge in [0, 0.05) is 26.1 Å². The normalized spacial score (nSPS) is 17.0. The Morgan fingerprint density at radius 3 is 2.65 bits per heavy atom. The topological polar surface area (TPSA) is 86.3 Å². The van der Waals surface area contributed by atoms with Gasteiger partial charge >= 0.3 is 0 Å². The number of ether oxygens (including phenoxy) is 4. The Morgan fingerprint density at radius 2 is 1.84 bits per heavy atom. The molecule has 2 aromatic rings. The van der Waals surface area contributed by atoms with Gasteiger partial charge in [-0.15, -0.1) is 0 Å². The van der Waals surface area contributed by atoms with Gasteiger partial charge in [0.25, 0.3) is 0 Å². The van der Waals surface area contributed by atoms with Crippen molar-refractivity contribution in [2.24, 2.45) is 5.92 Å². The maximum atomic E-state index is 12.6. The third kappa shape index (κ3) is 4.68. The van der Waals surface area contributed by atoms with Gasteiger partial charge in [0.1, 0.15) is 0 Å². The largest absolute Gasteiger partial charge is 0.493 e. The summed E-state index contributed by atoms with van der Waals surface area (Å²) in [6.07, 6.45) is 0.913. The van der Waals surface area contributed by atoms with Gasteiger partial charge in [-0.25, -0.2) is 0 Å². The van der Waals surface area contributed by atoms with Crippen LogP contribution in [-0.2, 0) is 22.6 Å². The molecular weight excluding hydrogens is 400 g/mol. The minimum atomic E-state index is -0.341. The van der Waals surface area contributed by atoms with Gasteiger partial charge in [0.05, 0.1) is 20.1 Å². The van der Waals surface area contributed by atoms with Gasteiger partial charge < -0.3 is 29.2 Å². The van der Waals surface area contributed by atoms with Crippen molar-refractivity contribution in [1.82, 2.24) is 10.2 Å². The Bertz CT molecular complexity index is 977. The first-order valence-corrected chi connectivity index (χ1v) is 10.2. The first-order valence-electron chi connectivity index (χ1n) is 10.2. The standard InChI is InChI=1S/C23H26N2O6/c1-28-18-5-3-15(9-20(18)29-2)7-8-25-13-17(11-22(25)26)23(27)24-12-16-4-6-19-21(10-16)31-14-30-19/h3-6,9-10,17H,7-8,11-14H2,1-2H3,(H,24,27)/t17-/m0/s1. The second-order valence-corrected chi connectivity index (χ2v) is 7.59. The molecule has 8 nitrogen and oxygen atoms in total. The summed E-state index contributed by atoms with van der Waals surface area (Å²) >= 11 is 0. The molecule has 2 aliphatic rings. The zero-order valence-electron chi connectivity index (χ0n) is 17.7. The minimum absolute atomic E-state index is 0.00343. The highest BCUT2D eigenvalue weighted by Crippen LogP contribution is 2.32. The molecule has 2 aliphatic heterocycles. The van der Waals surface area contributed by atoms with Gasteiger partial charge in [0.15, 0.2) is 23.0 Å². The molecule has 0 unspecified atom stereocenters. The Balaban J connectivity index is 1.28. The summed E-state index contributed by atoms with van der Waals surface area (Å²) in [5, 5.41) is 2.93. The summed E-state index contributed by atoms with van der Waals surface area (Å²) in [6, 6.07) is 11.3. The molecule has 0 aromatic heterocycles. The molecule has 0 bridgehead atoms. The summed E-state index contributed by atoms with van der Waals surface area (Å²) in [6.45, 7) is 1.58. The lowest BCUT2D eigenvalue weighted by atomic mass is 10.1. The summed E-state index contributed by atoms with van der Waals surface area (Å²) in [5.41, 5.74) is 1.97. The molecule has 1 fully saturated rings. The van der Waals surface area contributed by atoms with Crippen molar-refractivity contribution in [3.8, 4) is 23.0 Å². The number of carbonyl (C=O) groups excluding carboxylic acids is 2. The summed E-state index contributed by atoms with van der Waals surface area (Å²) in [5.74, 6) is 2.28. The molecule has 2 heterocycles. The zero-order valence-corrected chi connectivity index (χ0v) is 17.7. The molecular formula is C23H26N2O6. The molecule has 31 heavy (non-hydrogen) atoms. The average Bonchev–Trinajstić information content (AvgIpc) is 3.41. The Morgan fingerprint density at radius 1 is 1.06 bits per heavy atom. The minimum Gasteiger partial charge on any atom is -0.493 e. The van der Waals surface area contributed by atoms with Crippen LogP contribution in [0.1, 0.15) is 17.5 Å². The molecule has 4 rings (SSSR count). The van der Waals surface area contributed by atoms with Crippen LogP contribution in [0, 0.1) is 5.92 Å². The first kappa shape index (κ1) is 20.8. The number of rotatable bonds is 8. The van der Waals surface area contributed by atoms with Crippen molar-refractivity contribution in [3.05, 3.63) is 47.5 Å². The SMILES string of the molecule is COc1ccc(CCN2C[C@@H](C(=O)NCc3ccc4c(c3)OCO4)CC2=O)cc1OC. The van der Waals surface area contributed by atoms with Crippen molar-refractivity contribution >= 4 is 11.8 Å². The number of methoxy groups -OCH3 is 2. The van der Waals surface area contributed by atoms with Crippen molar-refractivity contribution < 1.29 is 28.5 Å². The van der Waals surface area contributed by atoms with Crippen LogP contribution < -0.4 is 24.3 Å². The number of benzene rings is 2. The molecule has 1 atom stereocenters. The fourth-order valence-electron chi connectivity index (χ4n) is 3.85. The van der Waals surface area contributed by atoms with E-state index in [0.29, 0.717) is 49.1 Å². The van der Waals surface area contributed by atoms with Crippen LogP contribution in [-0.4, -0.2) is 50.8 Å². The maximum Gasteiger partial charge on any atom is 0.231 e. The molecule has 0 saturated carbocycles. The Hall–Kier alpha value is -3.42. The van der Waals surface area contributed by atoms with Crippen LogP contribution in [0.15, 0.2) is 36.4 Å². The van der Waals surface area contributed by atoms with Gasteiger partial charge in [0.2, 0.25) is 18.6 Å². The van der Waals surface area contributed by atoms with Gasteiger partial charge in [-0.2, -0.15) is 0 Å². The van der Waals surface area contributed by atoms with E-state index in [1.165, 1.54) is 0 Å². The molecule has 0 aliphatic carbocycles. The van der Waals surface area contributed by atoms with E-state index in [4.69, 9.17) is 18.9 Å². The highest BCUT2D eigenvalue weighted by Gasteiger charge is 2.33. The fourth-order valence-corrected chi connectivity index (χ4v) is 3.85. The highest BCUT2D eigenvalue weighted by atomic mass is 16.7. The van der Waals surface area contributed by atoms with Crippen LogP contribution in [0.4, 0.5) is 0 Å². The second kappa shape index (κ2) is 9.16. The van der Waals surface area contributed by atoms with Crippen LogP contribution in [0.5, 0.6) is 23.0 Å². The molecule has 8 heteroatoms. The predicted octanol–water partition coefficient (Wildman–Crippen LogP) is 2.14. The van der Waals surface area contributed by atoms with E-state index in [1.54, 1.807) is 19.1 Å². The van der Waals surface area contributed by atoms with Crippen molar-refractivity contribution in [2.75, 3.05) is 34.1 Å². The number of fused-ring (bicyclic) bond motifs is 1. The molecule has 1 saturated heterocycles. The lowest BCUT2D eigenvalue weighted by Crippen LogP contribution is -2.33. The molecule has 2 amide bonds. The Kier molecular flexibility index (Phi) is 6.16. The zero-order chi connectivity index (χ0) is 21.8. The summed E-state index contributed by atoms with van der Waals surface area (Å²) in [4.78, 5) is 26.8. The monoisotopic (exact) mass is 426 g/mol. The number of amides is 2. The van der Waals surface area contributed by atoms with Crippen LogP contribution in [0.25, 0.3) is 0 Å². The molecule has 2 aromatic carbocycles. The summed E-state index contributed by atoms with van der Waals surface area (Å²) < 4.78 is 21.3. The van der Waals surface area contributed by atoms with Crippen LogP contribution in [0.2, 0.25) is 0 Å². The van der Waals surface area contributed by atoms with E-state index in [-0.39, 0.29) is 30.9 Å². The quantitative estimate of drug-likeness (QED) is 0.696. The predicted molar refractivity (Wildman–Crippen MR) is 112 cm³/mol. The maximum absolute atomic E-state index is 12.6. The third-order valence-corrected chi connectivity index (χ3v) is 5.61.